The third-order valence-corrected chi connectivity index (χ3v) is 5.16. The van der Waals surface area contributed by atoms with Gasteiger partial charge >= 0.3 is 0 Å². The number of hydrogen-bond donors (Lipinski definition) is 3. The zero-order valence-electron chi connectivity index (χ0n) is 19.0. The number of carbonyl (C=O) groups is 3. The second-order valence-corrected chi connectivity index (χ2v) is 8.27. The first-order valence-electron chi connectivity index (χ1n) is 10.8. The van der Waals surface area contributed by atoms with Gasteiger partial charge in [-0.2, -0.15) is 0 Å². The van der Waals surface area contributed by atoms with Gasteiger partial charge in [-0.1, -0.05) is 50.6 Å². The second-order valence-electron chi connectivity index (χ2n) is 8.27. The minimum atomic E-state index is -0.662. The fraction of sp³-hybridized carbons (Fsp3) is 0.400. The van der Waals surface area contributed by atoms with Gasteiger partial charge in [-0.15, -0.1) is 0 Å². The van der Waals surface area contributed by atoms with Crippen molar-refractivity contribution in [1.82, 2.24) is 16.0 Å². The number of benzene rings is 2. The molecule has 6 heteroatoms. The van der Waals surface area contributed by atoms with Crippen LogP contribution < -0.4 is 16.0 Å². The molecular formula is C25H33N3O3. The molecule has 2 atom stereocenters. The fourth-order valence-corrected chi connectivity index (χ4v) is 3.08. The highest BCUT2D eigenvalue weighted by Crippen LogP contribution is 2.09. The van der Waals surface area contributed by atoms with Crippen LogP contribution >= 0.6 is 0 Å². The van der Waals surface area contributed by atoms with Crippen LogP contribution in [0.1, 0.15) is 66.0 Å². The Morgan fingerprint density at radius 1 is 0.871 bits per heavy atom. The van der Waals surface area contributed by atoms with E-state index >= 15 is 0 Å². The van der Waals surface area contributed by atoms with Gasteiger partial charge in [0.2, 0.25) is 5.91 Å². The smallest absolute Gasteiger partial charge is 0.251 e. The highest BCUT2D eigenvalue weighted by molar-refractivity contribution is 5.97. The number of hydrogen-bond acceptors (Lipinski definition) is 3. The van der Waals surface area contributed by atoms with Gasteiger partial charge in [0.15, 0.2) is 0 Å². The minimum Gasteiger partial charge on any atom is -0.350 e. The summed E-state index contributed by atoms with van der Waals surface area (Å²) in [6, 6.07) is 13.9. The summed E-state index contributed by atoms with van der Waals surface area (Å²) in [6.45, 7) is 9.94. The number of nitrogens with one attached hydrogen (secondary N) is 3. The molecule has 0 aliphatic rings. The van der Waals surface area contributed by atoms with Crippen molar-refractivity contribution < 1.29 is 14.4 Å². The van der Waals surface area contributed by atoms with Crippen LogP contribution in [0, 0.1) is 12.8 Å². The second kappa shape index (κ2) is 11.3. The van der Waals surface area contributed by atoms with Crippen molar-refractivity contribution >= 4 is 17.7 Å². The van der Waals surface area contributed by atoms with Crippen molar-refractivity contribution in [1.29, 1.82) is 0 Å². The SMILES string of the molecule is CCC(C)NC(=O)c1cccc(CNC(=O)C(NC(=O)c2cccc(C)c2)C(C)C)c1. The summed E-state index contributed by atoms with van der Waals surface area (Å²) in [5.74, 6) is -0.749. The van der Waals surface area contributed by atoms with E-state index in [0.717, 1.165) is 17.5 Å². The molecular weight excluding hydrogens is 390 g/mol. The van der Waals surface area contributed by atoms with Crippen molar-refractivity contribution in [2.24, 2.45) is 5.92 Å². The van der Waals surface area contributed by atoms with Crippen molar-refractivity contribution in [3.05, 3.63) is 70.8 Å². The summed E-state index contributed by atoms with van der Waals surface area (Å²) in [5.41, 5.74) is 2.88. The lowest BCUT2D eigenvalue weighted by Gasteiger charge is -2.22. The average molecular weight is 424 g/mol. The first-order chi connectivity index (χ1) is 14.7. The zero-order valence-corrected chi connectivity index (χ0v) is 19.0. The van der Waals surface area contributed by atoms with Gasteiger partial charge in [-0.25, -0.2) is 0 Å². The van der Waals surface area contributed by atoms with Gasteiger partial charge in [0.1, 0.15) is 6.04 Å². The summed E-state index contributed by atoms with van der Waals surface area (Å²) < 4.78 is 0. The molecule has 2 rings (SSSR count). The fourth-order valence-electron chi connectivity index (χ4n) is 3.08. The van der Waals surface area contributed by atoms with Crippen LogP contribution in [0.25, 0.3) is 0 Å². The predicted octanol–water partition coefficient (Wildman–Crippen LogP) is 3.59. The lowest BCUT2D eigenvalue weighted by Crippen LogP contribution is -2.49. The van der Waals surface area contributed by atoms with Crippen molar-refractivity contribution in [2.45, 2.75) is 59.7 Å². The Kier molecular flexibility index (Phi) is 8.79. The van der Waals surface area contributed by atoms with Crippen molar-refractivity contribution in [3.8, 4) is 0 Å². The van der Waals surface area contributed by atoms with E-state index in [1.54, 1.807) is 30.3 Å². The highest BCUT2D eigenvalue weighted by atomic mass is 16.2. The highest BCUT2D eigenvalue weighted by Gasteiger charge is 2.24. The van der Waals surface area contributed by atoms with E-state index in [9.17, 15) is 14.4 Å². The maximum atomic E-state index is 12.8. The Balaban J connectivity index is 2.01. The average Bonchev–Trinajstić information content (AvgIpc) is 2.75. The maximum absolute atomic E-state index is 12.8. The quantitative estimate of drug-likeness (QED) is 0.576. The topological polar surface area (TPSA) is 87.3 Å². The number of rotatable bonds is 9. The molecule has 3 N–H and O–H groups in total. The van der Waals surface area contributed by atoms with E-state index in [2.05, 4.69) is 16.0 Å². The Labute approximate surface area is 184 Å². The maximum Gasteiger partial charge on any atom is 0.251 e. The van der Waals surface area contributed by atoms with Crippen molar-refractivity contribution in [2.75, 3.05) is 0 Å². The Morgan fingerprint density at radius 2 is 1.48 bits per heavy atom. The molecule has 6 nitrogen and oxygen atoms in total. The minimum absolute atomic E-state index is 0.0820. The third kappa shape index (κ3) is 7.24. The molecule has 0 aromatic heterocycles. The van der Waals surface area contributed by atoms with E-state index in [0.29, 0.717) is 11.1 Å². The zero-order chi connectivity index (χ0) is 23.0. The van der Waals surface area contributed by atoms with E-state index in [1.807, 2.05) is 52.8 Å². The van der Waals surface area contributed by atoms with E-state index in [-0.39, 0.29) is 36.2 Å². The molecule has 2 aromatic carbocycles. The number of amides is 3. The monoisotopic (exact) mass is 423 g/mol. The molecule has 0 heterocycles. The lowest BCUT2D eigenvalue weighted by atomic mass is 10.0. The van der Waals surface area contributed by atoms with Gasteiger partial charge in [0.05, 0.1) is 0 Å². The van der Waals surface area contributed by atoms with Gasteiger partial charge in [-0.3, -0.25) is 14.4 Å². The third-order valence-electron chi connectivity index (χ3n) is 5.16. The predicted molar refractivity (Wildman–Crippen MR) is 123 cm³/mol. The van der Waals surface area contributed by atoms with Gasteiger partial charge in [0, 0.05) is 23.7 Å². The molecule has 2 unspecified atom stereocenters. The molecule has 2 aromatic rings. The van der Waals surface area contributed by atoms with Crippen LogP contribution in [0.3, 0.4) is 0 Å². The number of carbonyl (C=O) groups excluding carboxylic acids is 3. The first-order valence-corrected chi connectivity index (χ1v) is 10.8. The molecule has 0 spiro atoms. The van der Waals surface area contributed by atoms with E-state index in [1.165, 1.54) is 0 Å². The lowest BCUT2D eigenvalue weighted by molar-refractivity contribution is -0.124. The Hall–Kier alpha value is -3.15. The molecule has 166 valence electrons. The molecule has 0 aliphatic heterocycles. The molecule has 31 heavy (non-hydrogen) atoms. The van der Waals surface area contributed by atoms with Gasteiger partial charge in [0.25, 0.3) is 11.8 Å². The summed E-state index contributed by atoms with van der Waals surface area (Å²) in [6.07, 6.45) is 0.854. The molecule has 0 bridgehead atoms. The van der Waals surface area contributed by atoms with Crippen LogP contribution in [-0.4, -0.2) is 29.8 Å². The van der Waals surface area contributed by atoms with E-state index in [4.69, 9.17) is 0 Å². The largest absolute Gasteiger partial charge is 0.350 e. The van der Waals surface area contributed by atoms with Gasteiger partial charge in [-0.05, 0) is 56.0 Å². The molecule has 0 saturated carbocycles. The summed E-state index contributed by atoms with van der Waals surface area (Å²) in [7, 11) is 0. The standard InChI is InChI=1S/C25H33N3O3/c1-6-18(5)27-23(29)21-12-8-10-19(14-21)15-26-25(31)22(16(2)3)28-24(30)20-11-7-9-17(4)13-20/h7-14,16,18,22H,6,15H2,1-5H3,(H,26,31)(H,27,29)(H,28,30). The Morgan fingerprint density at radius 3 is 2.10 bits per heavy atom. The van der Waals surface area contributed by atoms with Crippen LogP contribution in [-0.2, 0) is 11.3 Å². The summed E-state index contributed by atoms with van der Waals surface area (Å²) in [4.78, 5) is 37.7. The van der Waals surface area contributed by atoms with Crippen LogP contribution in [0.4, 0.5) is 0 Å². The van der Waals surface area contributed by atoms with Crippen LogP contribution in [0.5, 0.6) is 0 Å². The van der Waals surface area contributed by atoms with Crippen LogP contribution in [0.2, 0.25) is 0 Å². The van der Waals surface area contributed by atoms with E-state index < -0.39 is 6.04 Å². The molecule has 0 fully saturated rings. The molecule has 0 radical (unpaired) electrons. The summed E-state index contributed by atoms with van der Waals surface area (Å²) >= 11 is 0. The van der Waals surface area contributed by atoms with Gasteiger partial charge < -0.3 is 16.0 Å². The first kappa shape index (κ1) is 24.1. The van der Waals surface area contributed by atoms with Crippen LogP contribution in [0.15, 0.2) is 48.5 Å². The molecule has 0 aliphatic carbocycles. The molecule has 3 amide bonds. The summed E-state index contributed by atoms with van der Waals surface area (Å²) in [5, 5.41) is 8.66. The molecule has 0 saturated heterocycles. The Bertz CT molecular complexity index is 924. The number of aryl methyl sites for hydroxylation is 1. The van der Waals surface area contributed by atoms with Crippen molar-refractivity contribution in [3.63, 3.8) is 0 Å². The normalized spacial score (nSPS) is 12.7.